The van der Waals surface area contributed by atoms with Crippen LogP contribution in [0.2, 0.25) is 0 Å². The molecule has 7 atom stereocenters. The van der Waals surface area contributed by atoms with Gasteiger partial charge in [0.1, 0.15) is 18.2 Å². The van der Waals surface area contributed by atoms with Gasteiger partial charge in [-0.05, 0) is 37.2 Å². The van der Waals surface area contributed by atoms with Gasteiger partial charge in [-0.15, -0.1) is 0 Å². The van der Waals surface area contributed by atoms with Crippen molar-refractivity contribution in [3.63, 3.8) is 0 Å². The number of aliphatic carboxylic acids is 2. The number of carbonyl (C=O) groups excluding carboxylic acids is 2. The molecule has 2 aliphatic carbocycles. The number of hydrogen-bond acceptors (Lipinski definition) is 8. The Labute approximate surface area is 227 Å². The Morgan fingerprint density at radius 1 is 1.13 bits per heavy atom. The van der Waals surface area contributed by atoms with Gasteiger partial charge in [-0.1, -0.05) is 45.4 Å². The highest BCUT2D eigenvalue weighted by Crippen LogP contribution is 2.61. The Balaban J connectivity index is 1.94. The first-order valence-electron chi connectivity index (χ1n) is 13.2. The molecule has 0 aromatic heterocycles. The average molecular weight is 550 g/mol. The molecule has 0 radical (unpaired) electrons. The zero-order valence-corrected chi connectivity index (χ0v) is 22.7. The summed E-state index contributed by atoms with van der Waals surface area (Å²) in [5, 5.41) is 49.4. The van der Waals surface area contributed by atoms with Crippen molar-refractivity contribution in [2.75, 3.05) is 6.54 Å². The number of ether oxygens (including phenoxy) is 1. The van der Waals surface area contributed by atoms with Crippen molar-refractivity contribution in [2.24, 2.45) is 16.7 Å². The monoisotopic (exact) mass is 549 g/mol. The molecule has 3 rings (SSSR count). The lowest BCUT2D eigenvalue weighted by atomic mass is 9.49. The lowest BCUT2D eigenvalue weighted by Gasteiger charge is -2.57. The summed E-state index contributed by atoms with van der Waals surface area (Å²) in [5.41, 5.74) is -0.605. The number of hydrogen-bond donors (Lipinski definition) is 5. The van der Waals surface area contributed by atoms with Gasteiger partial charge >= 0.3 is 17.9 Å². The molecule has 0 spiro atoms. The highest BCUT2D eigenvalue weighted by atomic mass is 16.6. The Kier molecular flexibility index (Phi) is 9.09. The number of carboxylic acids is 2. The Bertz CT molecular complexity index is 1090. The quantitative estimate of drug-likeness (QED) is 0.152. The van der Waals surface area contributed by atoms with E-state index in [1.165, 1.54) is 25.2 Å². The molecule has 0 unspecified atom stereocenters. The second-order valence-corrected chi connectivity index (χ2v) is 11.7. The molecule has 0 bridgehead atoms. The Morgan fingerprint density at radius 3 is 2.38 bits per heavy atom. The third-order valence-electron chi connectivity index (χ3n) is 8.44. The first-order chi connectivity index (χ1) is 18.1. The number of carboxylic acid groups (broad SMARTS) is 2. The molecule has 39 heavy (non-hydrogen) atoms. The number of allylic oxidation sites excluding steroid dienone is 2. The standard InChI is InChI=1S/C28H39NO10/c1-15(30)18(31)8-5-6-9-20(34)39-23-22(35)16-14-29(17(26(37)38)10-11-19(32)33)25(36)21(16)28(4)13-7-12-27(2,3)24(23)28/h5-6,8-9,15,17-18,22-24,30-31,35H,7,10-14H2,1-4H3,(H,32,33)(H,37,38)/b8-5+,9-6+/t15-,17-,18-,22+,23+,24-,28+/m0/s1. The van der Waals surface area contributed by atoms with Crippen molar-refractivity contribution >= 4 is 23.8 Å². The van der Waals surface area contributed by atoms with E-state index in [9.17, 15) is 39.6 Å². The molecule has 1 heterocycles. The summed E-state index contributed by atoms with van der Waals surface area (Å²) in [4.78, 5) is 50.8. The van der Waals surface area contributed by atoms with Gasteiger partial charge in [-0.2, -0.15) is 0 Å². The molecule has 3 aliphatic rings. The van der Waals surface area contributed by atoms with Crippen LogP contribution >= 0.6 is 0 Å². The molecule has 1 amide bonds. The van der Waals surface area contributed by atoms with E-state index in [1.54, 1.807) is 0 Å². The summed E-state index contributed by atoms with van der Waals surface area (Å²) < 4.78 is 5.81. The zero-order chi connectivity index (χ0) is 29.3. The largest absolute Gasteiger partial charge is 0.481 e. The third kappa shape index (κ3) is 6.10. The minimum Gasteiger partial charge on any atom is -0.481 e. The predicted molar refractivity (Wildman–Crippen MR) is 138 cm³/mol. The number of fused-ring (bicyclic) bond motifs is 2. The topological polar surface area (TPSA) is 182 Å². The second-order valence-electron chi connectivity index (χ2n) is 11.7. The molecular formula is C28H39NO10. The molecule has 1 saturated carbocycles. The van der Waals surface area contributed by atoms with Crippen LogP contribution in [0.4, 0.5) is 0 Å². The number of nitrogens with zero attached hydrogens (tertiary/aromatic N) is 1. The van der Waals surface area contributed by atoms with Gasteiger partial charge in [0, 0.05) is 35.9 Å². The van der Waals surface area contributed by atoms with Crippen LogP contribution in [0.25, 0.3) is 0 Å². The molecule has 1 fully saturated rings. The van der Waals surface area contributed by atoms with Crippen molar-refractivity contribution in [1.82, 2.24) is 4.90 Å². The molecule has 216 valence electrons. The molecule has 0 aromatic rings. The van der Waals surface area contributed by atoms with E-state index in [0.717, 1.165) is 23.8 Å². The summed E-state index contributed by atoms with van der Waals surface area (Å²) in [7, 11) is 0. The van der Waals surface area contributed by atoms with Gasteiger partial charge in [0.05, 0.1) is 12.2 Å². The fraction of sp³-hybridized carbons (Fsp3) is 0.643. The van der Waals surface area contributed by atoms with Crippen LogP contribution in [-0.4, -0.2) is 91.3 Å². The summed E-state index contributed by atoms with van der Waals surface area (Å²) in [5.74, 6) is -4.23. The van der Waals surface area contributed by atoms with Crippen molar-refractivity contribution in [1.29, 1.82) is 0 Å². The van der Waals surface area contributed by atoms with Crippen molar-refractivity contribution < 1.29 is 49.4 Å². The van der Waals surface area contributed by atoms with Crippen molar-refractivity contribution in [3.05, 3.63) is 35.5 Å². The van der Waals surface area contributed by atoms with Gasteiger partial charge in [-0.3, -0.25) is 9.59 Å². The summed E-state index contributed by atoms with van der Waals surface area (Å²) in [6.07, 6.45) is 2.13. The normalized spacial score (nSPS) is 30.7. The van der Waals surface area contributed by atoms with Gasteiger partial charge < -0.3 is 35.2 Å². The van der Waals surface area contributed by atoms with E-state index in [-0.39, 0.29) is 13.0 Å². The smallest absolute Gasteiger partial charge is 0.331 e. The fourth-order valence-electron chi connectivity index (χ4n) is 6.72. The number of amides is 1. The van der Waals surface area contributed by atoms with Crippen molar-refractivity contribution in [3.8, 4) is 0 Å². The maximum absolute atomic E-state index is 13.7. The van der Waals surface area contributed by atoms with Crippen LogP contribution in [0.3, 0.4) is 0 Å². The van der Waals surface area contributed by atoms with Crippen molar-refractivity contribution in [2.45, 2.75) is 90.3 Å². The number of carbonyl (C=O) groups is 4. The minimum atomic E-state index is -1.38. The molecule has 11 nitrogen and oxygen atoms in total. The number of esters is 1. The lowest BCUT2D eigenvalue weighted by Crippen LogP contribution is -2.58. The van der Waals surface area contributed by atoms with Gasteiger partial charge in [0.15, 0.2) is 0 Å². The van der Waals surface area contributed by atoms with E-state index < -0.39 is 77.4 Å². The van der Waals surface area contributed by atoms with Crippen LogP contribution in [0.1, 0.15) is 59.8 Å². The average Bonchev–Trinajstić information content (AvgIpc) is 3.17. The second kappa shape index (κ2) is 11.6. The first kappa shape index (κ1) is 30.5. The number of aliphatic hydroxyl groups is 3. The number of aliphatic hydroxyl groups excluding tert-OH is 3. The van der Waals surface area contributed by atoms with E-state index in [4.69, 9.17) is 9.84 Å². The number of rotatable bonds is 10. The highest BCUT2D eigenvalue weighted by molar-refractivity contribution is 6.01. The summed E-state index contributed by atoms with van der Waals surface area (Å²) >= 11 is 0. The molecule has 1 aliphatic heterocycles. The van der Waals surface area contributed by atoms with Crippen LogP contribution < -0.4 is 0 Å². The SMILES string of the molecule is C[C@H](O)[C@@H](O)/C=C/C=C/C(=O)O[C@@H]1[C@H](O)C2=C(C(=O)N([C@@H](CCC(=O)O)C(=O)O)C2)[C@@]2(C)CCCC(C)(C)[C@H]12. The van der Waals surface area contributed by atoms with Crippen LogP contribution in [0.15, 0.2) is 35.5 Å². The van der Waals surface area contributed by atoms with Crippen LogP contribution in [0.5, 0.6) is 0 Å². The predicted octanol–water partition coefficient (Wildman–Crippen LogP) is 1.42. The fourth-order valence-corrected chi connectivity index (χ4v) is 6.72. The van der Waals surface area contributed by atoms with Gasteiger partial charge in [0.2, 0.25) is 0 Å². The van der Waals surface area contributed by atoms with Gasteiger partial charge in [0.25, 0.3) is 5.91 Å². The minimum absolute atomic E-state index is 0.196. The lowest BCUT2D eigenvalue weighted by molar-refractivity contribution is -0.170. The maximum Gasteiger partial charge on any atom is 0.331 e. The maximum atomic E-state index is 13.7. The zero-order valence-electron chi connectivity index (χ0n) is 22.7. The molecule has 5 N–H and O–H groups in total. The third-order valence-corrected chi connectivity index (χ3v) is 8.44. The molecule has 11 heteroatoms. The van der Waals surface area contributed by atoms with E-state index in [1.807, 2.05) is 20.8 Å². The van der Waals surface area contributed by atoms with E-state index >= 15 is 0 Å². The molecule has 0 saturated heterocycles. The van der Waals surface area contributed by atoms with Crippen LogP contribution in [-0.2, 0) is 23.9 Å². The molecule has 0 aromatic carbocycles. The summed E-state index contributed by atoms with van der Waals surface area (Å²) in [6.45, 7) is 7.11. The van der Waals surface area contributed by atoms with E-state index in [2.05, 4.69) is 0 Å². The first-order valence-corrected chi connectivity index (χ1v) is 13.2. The summed E-state index contributed by atoms with van der Waals surface area (Å²) in [6, 6.07) is -1.38. The van der Waals surface area contributed by atoms with Crippen LogP contribution in [0, 0.1) is 16.7 Å². The Morgan fingerprint density at radius 2 is 1.79 bits per heavy atom. The highest BCUT2D eigenvalue weighted by Gasteiger charge is 2.62. The van der Waals surface area contributed by atoms with E-state index in [0.29, 0.717) is 17.6 Å². The Hall–Kier alpha value is -3.02. The van der Waals surface area contributed by atoms with Gasteiger partial charge in [-0.25, -0.2) is 9.59 Å². The molecular weight excluding hydrogens is 510 g/mol.